The molecule has 0 spiro atoms. The van der Waals surface area contributed by atoms with E-state index in [1.54, 1.807) is 0 Å². The molecule has 0 unspecified atom stereocenters. The van der Waals surface area contributed by atoms with Crippen molar-refractivity contribution in [1.29, 1.82) is 0 Å². The number of carbonyl (C=O) groups excluding carboxylic acids is 2. The number of nitrogen functional groups attached to an aromatic ring is 2. The normalized spacial score (nSPS) is 10.6. The summed E-state index contributed by atoms with van der Waals surface area (Å²) >= 11 is 0. The van der Waals surface area contributed by atoms with Gasteiger partial charge in [0, 0.05) is 12.4 Å². The number of carbonyl (C=O) groups is 2. The van der Waals surface area contributed by atoms with Gasteiger partial charge in [0.1, 0.15) is 6.34 Å². The minimum Gasteiger partial charge on any atom is -0.382 e. The molecular formula is C10H10FN9O2. The fourth-order valence-corrected chi connectivity index (χ4v) is 1.30. The van der Waals surface area contributed by atoms with Crippen LogP contribution in [0, 0.1) is 5.95 Å². The van der Waals surface area contributed by atoms with Gasteiger partial charge in [-0.25, -0.2) is 20.4 Å². The van der Waals surface area contributed by atoms with Crippen molar-refractivity contribution in [3.8, 4) is 0 Å². The minimum atomic E-state index is -1.12. The number of aromatic nitrogens is 4. The number of nitrogens with two attached hydrogens (primary N) is 2. The van der Waals surface area contributed by atoms with Crippen LogP contribution in [0.5, 0.6) is 0 Å². The first-order valence-corrected chi connectivity index (χ1v) is 5.69. The van der Waals surface area contributed by atoms with Gasteiger partial charge in [0.25, 0.3) is 11.9 Å². The molecular weight excluding hydrogens is 297 g/mol. The van der Waals surface area contributed by atoms with E-state index in [2.05, 4.69) is 35.8 Å². The first kappa shape index (κ1) is 14.8. The third kappa shape index (κ3) is 3.30. The number of amides is 2. The van der Waals surface area contributed by atoms with Crippen molar-refractivity contribution in [3.05, 3.63) is 29.9 Å². The molecule has 0 saturated heterocycles. The van der Waals surface area contributed by atoms with E-state index in [1.807, 2.05) is 0 Å². The summed E-state index contributed by atoms with van der Waals surface area (Å²) in [6, 6.07) is 0. The van der Waals surface area contributed by atoms with Crippen LogP contribution in [0.15, 0.2) is 17.5 Å². The Balaban J connectivity index is 1.94. The fourth-order valence-electron chi connectivity index (χ4n) is 1.30. The number of halogens is 1. The van der Waals surface area contributed by atoms with Crippen LogP contribution in [0.4, 0.5) is 16.0 Å². The maximum atomic E-state index is 13.1. The summed E-state index contributed by atoms with van der Waals surface area (Å²) in [4.78, 5) is 36.0. The van der Waals surface area contributed by atoms with Gasteiger partial charge in [-0.1, -0.05) is 0 Å². The molecule has 0 aliphatic rings. The van der Waals surface area contributed by atoms with Gasteiger partial charge in [-0.3, -0.25) is 9.59 Å². The van der Waals surface area contributed by atoms with Gasteiger partial charge in [-0.15, -0.1) is 0 Å². The van der Waals surface area contributed by atoms with Gasteiger partial charge >= 0.3 is 5.91 Å². The number of hydrogen-bond acceptors (Lipinski definition) is 8. The molecule has 0 bridgehead atoms. The Hall–Kier alpha value is -3.57. The van der Waals surface area contributed by atoms with Crippen molar-refractivity contribution in [1.82, 2.24) is 30.7 Å². The molecule has 0 atom stereocenters. The highest BCUT2D eigenvalue weighted by Gasteiger charge is 2.15. The maximum absolute atomic E-state index is 13.1. The average Bonchev–Trinajstić information content (AvgIpc) is 3.01. The van der Waals surface area contributed by atoms with Gasteiger partial charge in [0.05, 0.1) is 0 Å². The van der Waals surface area contributed by atoms with E-state index >= 15 is 0 Å². The molecule has 0 fully saturated rings. The summed E-state index contributed by atoms with van der Waals surface area (Å²) in [5.41, 5.74) is 12.2. The second-order valence-electron chi connectivity index (χ2n) is 3.74. The Kier molecular flexibility index (Phi) is 4.22. The molecule has 114 valence electrons. The van der Waals surface area contributed by atoms with E-state index in [4.69, 9.17) is 11.5 Å². The third-order valence-electron chi connectivity index (χ3n) is 2.26. The molecule has 0 saturated carbocycles. The molecule has 7 N–H and O–H groups in total. The Labute approximate surface area is 122 Å². The van der Waals surface area contributed by atoms with Gasteiger partial charge in [-0.05, 0) is 0 Å². The van der Waals surface area contributed by atoms with Crippen LogP contribution < -0.4 is 22.2 Å². The van der Waals surface area contributed by atoms with E-state index < -0.39 is 29.3 Å². The predicted octanol–water partition coefficient (Wildman–Crippen LogP) is -1.39. The molecule has 2 rings (SSSR count). The largest absolute Gasteiger partial charge is 0.382 e. The molecule has 22 heavy (non-hydrogen) atoms. The molecule has 0 aliphatic carbocycles. The van der Waals surface area contributed by atoms with Crippen LogP contribution in [0.3, 0.4) is 0 Å². The molecule has 2 aromatic rings. The Morgan fingerprint density at radius 3 is 2.73 bits per heavy atom. The number of hydrazone groups is 1. The van der Waals surface area contributed by atoms with Crippen LogP contribution >= 0.6 is 0 Å². The fraction of sp³-hybridized carbons (Fsp3) is 0. The van der Waals surface area contributed by atoms with Crippen molar-refractivity contribution in [2.75, 3.05) is 11.5 Å². The zero-order chi connectivity index (χ0) is 16.1. The van der Waals surface area contributed by atoms with E-state index in [1.165, 1.54) is 12.4 Å². The molecule has 12 heteroatoms. The van der Waals surface area contributed by atoms with Crippen LogP contribution in [0.1, 0.15) is 21.1 Å². The van der Waals surface area contributed by atoms with E-state index in [9.17, 15) is 14.0 Å². The summed E-state index contributed by atoms with van der Waals surface area (Å²) in [6.07, 6.45) is 3.70. The van der Waals surface area contributed by atoms with Crippen LogP contribution in [-0.4, -0.2) is 38.1 Å². The molecule has 0 radical (unpaired) electrons. The first-order valence-electron chi connectivity index (χ1n) is 5.69. The van der Waals surface area contributed by atoms with Gasteiger partial charge in [-0.2, -0.15) is 9.49 Å². The highest BCUT2D eigenvalue weighted by molar-refractivity contribution is 6.02. The Morgan fingerprint density at radius 2 is 2.05 bits per heavy atom. The lowest BCUT2D eigenvalue weighted by Crippen LogP contribution is -2.27. The lowest BCUT2D eigenvalue weighted by atomic mass is 10.4. The van der Waals surface area contributed by atoms with Crippen molar-refractivity contribution in [2.45, 2.75) is 0 Å². The van der Waals surface area contributed by atoms with Crippen LogP contribution in [-0.2, 0) is 0 Å². The Bertz CT molecular complexity index is 728. The smallest absolute Gasteiger partial charge is 0.307 e. The summed E-state index contributed by atoms with van der Waals surface area (Å²) in [6.45, 7) is 0. The number of anilines is 2. The molecule has 0 aromatic carbocycles. The zero-order valence-electron chi connectivity index (χ0n) is 10.9. The second-order valence-corrected chi connectivity index (χ2v) is 3.74. The van der Waals surface area contributed by atoms with Gasteiger partial charge < -0.3 is 21.8 Å². The number of H-pyrrole nitrogens is 1. The topological polar surface area (TPSA) is 177 Å². The molecule has 11 nitrogen and oxygen atoms in total. The summed E-state index contributed by atoms with van der Waals surface area (Å²) in [5.74, 6) is -3.44. The van der Waals surface area contributed by atoms with Crippen molar-refractivity contribution >= 4 is 29.8 Å². The van der Waals surface area contributed by atoms with E-state index in [-0.39, 0.29) is 11.6 Å². The highest BCUT2D eigenvalue weighted by Crippen LogP contribution is 2.10. The standard InChI is InChI=1S/C10H10FN9O2/c11-5-7(13)19-6(12)4(18-5)9(21)16-3-17-20-10(22)8-14-1-2-15-8/h1-3H,(H,14,15)(H,20,22)(H4,12,13,19)(H,16,17,21). The Morgan fingerprint density at radius 1 is 1.27 bits per heavy atom. The minimum absolute atomic E-state index is 0.0409. The second kappa shape index (κ2) is 6.25. The highest BCUT2D eigenvalue weighted by atomic mass is 19.1. The maximum Gasteiger partial charge on any atom is 0.307 e. The summed E-state index contributed by atoms with van der Waals surface area (Å²) in [7, 11) is 0. The van der Waals surface area contributed by atoms with Crippen molar-refractivity contribution in [2.24, 2.45) is 5.10 Å². The number of nitrogens with zero attached hydrogens (tertiary/aromatic N) is 4. The predicted molar refractivity (Wildman–Crippen MR) is 72.8 cm³/mol. The third-order valence-corrected chi connectivity index (χ3v) is 2.26. The van der Waals surface area contributed by atoms with Gasteiger partial charge in [0.2, 0.25) is 0 Å². The number of aromatic amines is 1. The zero-order valence-corrected chi connectivity index (χ0v) is 10.9. The molecule has 2 heterocycles. The van der Waals surface area contributed by atoms with Gasteiger partial charge in [0.15, 0.2) is 23.2 Å². The quantitative estimate of drug-likeness (QED) is 0.262. The number of imidazole rings is 1. The molecule has 0 aliphatic heterocycles. The van der Waals surface area contributed by atoms with Crippen molar-refractivity contribution < 1.29 is 14.0 Å². The van der Waals surface area contributed by atoms with Crippen molar-refractivity contribution in [3.63, 3.8) is 0 Å². The van der Waals surface area contributed by atoms with Crippen LogP contribution in [0.2, 0.25) is 0 Å². The SMILES string of the molecule is Nc1nc(N)c(C(=O)NC=NNC(=O)c2ncc[nH]2)nc1F. The van der Waals surface area contributed by atoms with E-state index in [0.717, 1.165) is 6.34 Å². The lowest BCUT2D eigenvalue weighted by Gasteiger charge is -2.03. The monoisotopic (exact) mass is 307 g/mol. The average molecular weight is 307 g/mol. The lowest BCUT2D eigenvalue weighted by molar-refractivity contribution is 0.0939. The first-order chi connectivity index (χ1) is 10.5. The number of nitrogens with one attached hydrogen (secondary N) is 3. The molecule has 2 amide bonds. The number of rotatable bonds is 4. The number of hydrogen-bond donors (Lipinski definition) is 5. The summed E-state index contributed by atoms with van der Waals surface area (Å²) in [5, 5.41) is 5.56. The van der Waals surface area contributed by atoms with Crippen LogP contribution in [0.25, 0.3) is 0 Å². The van der Waals surface area contributed by atoms with E-state index in [0.29, 0.717) is 0 Å². The summed E-state index contributed by atoms with van der Waals surface area (Å²) < 4.78 is 13.1. The molecule has 2 aromatic heterocycles.